The van der Waals surface area contributed by atoms with Crippen molar-refractivity contribution in [1.29, 1.82) is 0 Å². The third-order valence-electron chi connectivity index (χ3n) is 4.03. The van der Waals surface area contributed by atoms with E-state index in [0.29, 0.717) is 28.5 Å². The van der Waals surface area contributed by atoms with E-state index in [2.05, 4.69) is 10.6 Å². The van der Waals surface area contributed by atoms with E-state index in [4.69, 9.17) is 23.7 Å². The van der Waals surface area contributed by atoms with Crippen LogP contribution in [0.5, 0.6) is 17.2 Å². The molecule has 148 valence electrons. The highest BCUT2D eigenvalue weighted by molar-refractivity contribution is 5.95. The standard InChI is InChI=1S/C18H24N2O7/c1-10-14(17(21)27-7-6-23-2)15(20-18(22)19-10)11-8-12(24-3)16(26-5)13(9-11)25-4/h8-9,15H,6-7H2,1-5H3,(H2,19,20,22)/t15-/m0/s1. The number of esters is 1. The third kappa shape index (κ3) is 4.43. The van der Waals surface area contributed by atoms with Crippen LogP contribution in [-0.4, -0.2) is 53.7 Å². The normalized spacial score (nSPS) is 16.3. The predicted molar refractivity (Wildman–Crippen MR) is 96.0 cm³/mol. The van der Waals surface area contributed by atoms with Gasteiger partial charge in [-0.05, 0) is 24.6 Å². The van der Waals surface area contributed by atoms with Crippen molar-refractivity contribution in [3.8, 4) is 17.2 Å². The molecule has 0 aliphatic carbocycles. The topological polar surface area (TPSA) is 104 Å². The number of carbonyl (C=O) groups is 2. The first-order chi connectivity index (χ1) is 13.0. The molecule has 1 aliphatic heterocycles. The SMILES string of the molecule is COCCOC(=O)C1=C(C)NC(=O)N[C@H]1c1cc(OC)c(OC)c(OC)c1. The molecule has 0 bridgehead atoms. The maximum atomic E-state index is 12.6. The Morgan fingerprint density at radius 1 is 1.04 bits per heavy atom. The molecule has 1 aromatic carbocycles. The molecule has 1 atom stereocenters. The number of methoxy groups -OCH3 is 4. The number of carbonyl (C=O) groups excluding carboxylic acids is 2. The van der Waals surface area contributed by atoms with E-state index in [-0.39, 0.29) is 18.8 Å². The fourth-order valence-corrected chi connectivity index (χ4v) is 2.78. The molecule has 0 fully saturated rings. The van der Waals surface area contributed by atoms with Crippen LogP contribution in [0.1, 0.15) is 18.5 Å². The predicted octanol–water partition coefficient (Wildman–Crippen LogP) is 1.53. The minimum Gasteiger partial charge on any atom is -0.493 e. The molecule has 0 spiro atoms. The Balaban J connectivity index is 2.48. The number of ether oxygens (including phenoxy) is 5. The smallest absolute Gasteiger partial charge is 0.338 e. The number of rotatable bonds is 8. The summed E-state index contributed by atoms with van der Waals surface area (Å²) in [4.78, 5) is 24.6. The molecule has 1 aliphatic rings. The summed E-state index contributed by atoms with van der Waals surface area (Å²) in [6.07, 6.45) is 0. The van der Waals surface area contributed by atoms with Gasteiger partial charge in [-0.15, -0.1) is 0 Å². The molecule has 0 unspecified atom stereocenters. The summed E-state index contributed by atoms with van der Waals surface area (Å²) >= 11 is 0. The Morgan fingerprint density at radius 3 is 2.19 bits per heavy atom. The van der Waals surface area contributed by atoms with Gasteiger partial charge in [-0.25, -0.2) is 9.59 Å². The van der Waals surface area contributed by atoms with Crippen LogP contribution in [0, 0.1) is 0 Å². The zero-order chi connectivity index (χ0) is 20.0. The van der Waals surface area contributed by atoms with Gasteiger partial charge in [0.2, 0.25) is 5.75 Å². The summed E-state index contributed by atoms with van der Waals surface area (Å²) in [7, 11) is 5.99. The lowest BCUT2D eigenvalue weighted by Crippen LogP contribution is -2.45. The number of hydrogen-bond donors (Lipinski definition) is 2. The fourth-order valence-electron chi connectivity index (χ4n) is 2.78. The maximum absolute atomic E-state index is 12.6. The van der Waals surface area contributed by atoms with Crippen molar-refractivity contribution < 1.29 is 33.3 Å². The van der Waals surface area contributed by atoms with E-state index in [1.807, 2.05) is 0 Å². The summed E-state index contributed by atoms with van der Waals surface area (Å²) in [6.45, 7) is 2.01. The Bertz CT molecular complexity index is 720. The zero-order valence-electron chi connectivity index (χ0n) is 16.0. The Hall–Kier alpha value is -2.94. The highest BCUT2D eigenvalue weighted by atomic mass is 16.6. The zero-order valence-corrected chi connectivity index (χ0v) is 16.0. The molecule has 2 N–H and O–H groups in total. The fraction of sp³-hybridized carbons (Fsp3) is 0.444. The average Bonchev–Trinajstić information content (AvgIpc) is 2.66. The van der Waals surface area contributed by atoms with Gasteiger partial charge in [0, 0.05) is 12.8 Å². The molecule has 2 rings (SSSR count). The van der Waals surface area contributed by atoms with Gasteiger partial charge in [-0.3, -0.25) is 0 Å². The lowest BCUT2D eigenvalue weighted by molar-refractivity contribution is -0.140. The first-order valence-corrected chi connectivity index (χ1v) is 8.21. The van der Waals surface area contributed by atoms with Crippen LogP contribution >= 0.6 is 0 Å². The highest BCUT2D eigenvalue weighted by Crippen LogP contribution is 2.41. The van der Waals surface area contributed by atoms with Crippen LogP contribution in [0.2, 0.25) is 0 Å². The van der Waals surface area contributed by atoms with E-state index in [9.17, 15) is 9.59 Å². The van der Waals surface area contributed by atoms with Gasteiger partial charge in [-0.2, -0.15) is 0 Å². The van der Waals surface area contributed by atoms with Crippen molar-refractivity contribution in [2.24, 2.45) is 0 Å². The van der Waals surface area contributed by atoms with E-state index in [1.54, 1.807) is 19.1 Å². The first kappa shape index (κ1) is 20.4. The minimum absolute atomic E-state index is 0.0992. The van der Waals surface area contributed by atoms with Crippen LogP contribution in [0.15, 0.2) is 23.4 Å². The number of urea groups is 1. The van der Waals surface area contributed by atoms with Gasteiger partial charge in [0.05, 0.1) is 39.6 Å². The quantitative estimate of drug-likeness (QED) is 0.521. The molecule has 0 aromatic heterocycles. The summed E-state index contributed by atoms with van der Waals surface area (Å²) in [6, 6.07) is 2.17. The summed E-state index contributed by atoms with van der Waals surface area (Å²) in [5.74, 6) is 0.665. The minimum atomic E-state index is -0.748. The molecule has 0 saturated heterocycles. The molecule has 27 heavy (non-hydrogen) atoms. The van der Waals surface area contributed by atoms with Gasteiger partial charge in [0.1, 0.15) is 6.61 Å². The Kier molecular flexibility index (Phi) is 6.89. The summed E-state index contributed by atoms with van der Waals surface area (Å²) < 4.78 is 26.2. The molecule has 2 amide bonds. The molecule has 9 heteroatoms. The van der Waals surface area contributed by atoms with E-state index in [0.717, 1.165) is 0 Å². The number of hydrogen-bond acceptors (Lipinski definition) is 7. The van der Waals surface area contributed by atoms with Crippen molar-refractivity contribution in [2.45, 2.75) is 13.0 Å². The van der Waals surface area contributed by atoms with Crippen LogP contribution in [0.25, 0.3) is 0 Å². The number of nitrogens with one attached hydrogen (secondary N) is 2. The third-order valence-corrected chi connectivity index (χ3v) is 4.03. The lowest BCUT2D eigenvalue weighted by Gasteiger charge is -2.29. The van der Waals surface area contributed by atoms with Crippen LogP contribution in [0.4, 0.5) is 4.79 Å². The lowest BCUT2D eigenvalue weighted by atomic mass is 9.95. The molecule has 0 saturated carbocycles. The summed E-state index contributed by atoms with van der Waals surface area (Å²) in [5, 5.41) is 5.32. The summed E-state index contributed by atoms with van der Waals surface area (Å²) in [5.41, 5.74) is 1.26. The molecular formula is C18H24N2O7. The van der Waals surface area contributed by atoms with Gasteiger partial charge in [-0.1, -0.05) is 0 Å². The first-order valence-electron chi connectivity index (χ1n) is 8.21. The molecule has 9 nitrogen and oxygen atoms in total. The Morgan fingerprint density at radius 2 is 1.67 bits per heavy atom. The molecule has 1 heterocycles. The monoisotopic (exact) mass is 380 g/mol. The average molecular weight is 380 g/mol. The van der Waals surface area contributed by atoms with Gasteiger partial charge < -0.3 is 34.3 Å². The van der Waals surface area contributed by atoms with Crippen molar-refractivity contribution in [3.63, 3.8) is 0 Å². The van der Waals surface area contributed by atoms with Gasteiger partial charge >= 0.3 is 12.0 Å². The highest BCUT2D eigenvalue weighted by Gasteiger charge is 2.33. The van der Waals surface area contributed by atoms with E-state index >= 15 is 0 Å². The molecule has 1 aromatic rings. The van der Waals surface area contributed by atoms with Crippen molar-refractivity contribution in [3.05, 3.63) is 29.0 Å². The Labute approximate surface area is 157 Å². The van der Waals surface area contributed by atoms with Crippen molar-refractivity contribution >= 4 is 12.0 Å². The van der Waals surface area contributed by atoms with E-state index in [1.165, 1.54) is 28.4 Å². The van der Waals surface area contributed by atoms with E-state index < -0.39 is 18.0 Å². The van der Waals surface area contributed by atoms with Crippen molar-refractivity contribution in [2.75, 3.05) is 41.7 Å². The second-order valence-corrected chi connectivity index (χ2v) is 5.66. The maximum Gasteiger partial charge on any atom is 0.338 e. The largest absolute Gasteiger partial charge is 0.493 e. The van der Waals surface area contributed by atoms with Crippen molar-refractivity contribution in [1.82, 2.24) is 10.6 Å². The second-order valence-electron chi connectivity index (χ2n) is 5.66. The molecular weight excluding hydrogens is 356 g/mol. The second kappa shape index (κ2) is 9.13. The van der Waals surface area contributed by atoms with Gasteiger partial charge in [0.15, 0.2) is 11.5 Å². The van der Waals surface area contributed by atoms with Gasteiger partial charge in [0.25, 0.3) is 0 Å². The van der Waals surface area contributed by atoms with Crippen LogP contribution in [-0.2, 0) is 14.3 Å². The number of benzene rings is 1. The van der Waals surface area contributed by atoms with Crippen LogP contribution < -0.4 is 24.8 Å². The number of amides is 2. The van der Waals surface area contributed by atoms with Crippen LogP contribution in [0.3, 0.4) is 0 Å². The number of allylic oxidation sites excluding steroid dienone is 1. The molecule has 0 radical (unpaired) electrons.